The summed E-state index contributed by atoms with van der Waals surface area (Å²) in [6, 6.07) is -2.06. The SMILES string of the molecule is CCCCCCCCCCCCCCCCC(O)CN(CCSC(=O)CC1NC(=O)C(CC(=O)SCCN(CC(O)CCCCCCCCCCCCCCCC)CC(O)CCCCCCCCCCCCCCCC)NC1=O)CC(O)CCCCCCCCCCCCCCCC. The van der Waals surface area contributed by atoms with Crippen LogP contribution in [0.25, 0.3) is 0 Å². The molecule has 6 atom stereocenters. The summed E-state index contributed by atoms with van der Waals surface area (Å²) in [5, 5.41) is 50.0. The second kappa shape index (κ2) is 72.7. The summed E-state index contributed by atoms with van der Waals surface area (Å²) in [6.45, 7) is 11.8. The highest BCUT2D eigenvalue weighted by molar-refractivity contribution is 8.13. The maximum absolute atomic E-state index is 13.4. The van der Waals surface area contributed by atoms with Crippen molar-refractivity contribution in [1.82, 2.24) is 20.4 Å². The second-order valence-corrected chi connectivity index (χ2v) is 32.9. The van der Waals surface area contributed by atoms with E-state index in [1.165, 1.54) is 308 Å². The summed E-state index contributed by atoms with van der Waals surface area (Å²) >= 11 is 2.23. The molecule has 1 aliphatic rings. The normalized spacial score (nSPS) is 15.5. The Morgan fingerprint density at radius 2 is 0.459 bits per heavy atom. The van der Waals surface area contributed by atoms with Crippen LogP contribution in [0.15, 0.2) is 0 Å². The van der Waals surface area contributed by atoms with E-state index in [2.05, 4.69) is 48.1 Å². The monoisotopic (exact) mass is 1420 g/mol. The van der Waals surface area contributed by atoms with Crippen LogP contribution < -0.4 is 10.6 Å². The summed E-state index contributed by atoms with van der Waals surface area (Å²) in [4.78, 5) is 57.8. The summed E-state index contributed by atoms with van der Waals surface area (Å²) in [6.07, 6.45) is 72.6. The van der Waals surface area contributed by atoms with E-state index < -0.39 is 48.3 Å². The van der Waals surface area contributed by atoms with Crippen LogP contribution in [0.2, 0.25) is 0 Å². The molecular formula is C84H164N4O8S2. The predicted octanol–water partition coefficient (Wildman–Crippen LogP) is 21.8. The molecule has 0 aromatic carbocycles. The highest BCUT2D eigenvalue weighted by atomic mass is 32.2. The van der Waals surface area contributed by atoms with Gasteiger partial charge in [0.2, 0.25) is 11.8 Å². The lowest BCUT2D eigenvalue weighted by molar-refractivity contribution is -0.138. The Hall–Kier alpha value is -1.26. The van der Waals surface area contributed by atoms with Gasteiger partial charge in [-0.25, -0.2) is 0 Å². The zero-order valence-electron chi connectivity index (χ0n) is 65.1. The van der Waals surface area contributed by atoms with Crippen molar-refractivity contribution in [2.45, 2.75) is 462 Å². The van der Waals surface area contributed by atoms with Crippen LogP contribution in [-0.2, 0) is 19.2 Å². The number of unbranched alkanes of at least 4 members (excludes halogenated alkanes) is 52. The molecule has 0 bridgehead atoms. The molecule has 2 amide bonds. The largest absolute Gasteiger partial charge is 0.392 e. The number of aliphatic hydroxyl groups is 4. The molecule has 580 valence electrons. The van der Waals surface area contributed by atoms with Gasteiger partial charge in [-0.15, -0.1) is 0 Å². The Balaban J connectivity index is 2.67. The van der Waals surface area contributed by atoms with Crippen LogP contribution in [0.1, 0.15) is 426 Å². The Morgan fingerprint density at radius 3 is 0.633 bits per heavy atom. The molecule has 6 unspecified atom stereocenters. The Kier molecular flexibility index (Phi) is 70.3. The summed E-state index contributed by atoms with van der Waals surface area (Å²) in [7, 11) is 0. The number of thioether (sulfide) groups is 2. The highest BCUT2D eigenvalue weighted by Gasteiger charge is 2.36. The fourth-order valence-corrected chi connectivity index (χ4v) is 16.1. The third-order valence-corrected chi connectivity index (χ3v) is 22.5. The molecule has 1 heterocycles. The number of carbonyl (C=O) groups is 4. The number of amides is 2. The molecular weight excluding hydrogens is 1260 g/mol. The topological polar surface area (TPSA) is 180 Å². The fourth-order valence-electron chi connectivity index (χ4n) is 14.4. The number of hydrogen-bond donors (Lipinski definition) is 6. The van der Waals surface area contributed by atoms with Gasteiger partial charge in [0.05, 0.1) is 24.4 Å². The van der Waals surface area contributed by atoms with E-state index in [9.17, 15) is 39.6 Å². The van der Waals surface area contributed by atoms with Gasteiger partial charge in [-0.1, -0.05) is 411 Å². The summed E-state index contributed by atoms with van der Waals surface area (Å²) in [5.41, 5.74) is 0. The molecule has 1 fully saturated rings. The minimum atomic E-state index is -1.03. The van der Waals surface area contributed by atoms with Crippen molar-refractivity contribution in [1.29, 1.82) is 0 Å². The number of piperazine rings is 1. The Bertz CT molecular complexity index is 1550. The van der Waals surface area contributed by atoms with Crippen LogP contribution in [-0.4, -0.2) is 140 Å². The first-order valence-electron chi connectivity index (χ1n) is 43.0. The van der Waals surface area contributed by atoms with Crippen molar-refractivity contribution >= 4 is 45.6 Å². The Labute approximate surface area is 615 Å². The van der Waals surface area contributed by atoms with Gasteiger partial charge in [-0.2, -0.15) is 0 Å². The first kappa shape index (κ1) is 94.8. The van der Waals surface area contributed by atoms with Crippen molar-refractivity contribution in [3.8, 4) is 0 Å². The van der Waals surface area contributed by atoms with Crippen molar-refractivity contribution in [3.05, 3.63) is 0 Å². The lowest BCUT2D eigenvalue weighted by atomic mass is 10.0. The molecule has 98 heavy (non-hydrogen) atoms. The van der Waals surface area contributed by atoms with E-state index in [0.717, 1.165) is 74.9 Å². The smallest absolute Gasteiger partial charge is 0.243 e. The van der Waals surface area contributed by atoms with Gasteiger partial charge < -0.3 is 31.1 Å². The molecule has 0 saturated carbocycles. The van der Waals surface area contributed by atoms with Crippen LogP contribution in [0.3, 0.4) is 0 Å². The minimum absolute atomic E-state index is 0.173. The molecule has 0 radical (unpaired) electrons. The minimum Gasteiger partial charge on any atom is -0.392 e. The molecule has 0 spiro atoms. The van der Waals surface area contributed by atoms with E-state index in [-0.39, 0.29) is 23.1 Å². The van der Waals surface area contributed by atoms with E-state index in [1.54, 1.807) is 0 Å². The third-order valence-electron chi connectivity index (χ3n) is 20.8. The van der Waals surface area contributed by atoms with E-state index in [1.807, 2.05) is 0 Å². The van der Waals surface area contributed by atoms with Crippen LogP contribution >= 0.6 is 23.5 Å². The molecule has 0 aromatic heterocycles. The van der Waals surface area contributed by atoms with Crippen LogP contribution in [0.5, 0.6) is 0 Å². The van der Waals surface area contributed by atoms with Crippen LogP contribution in [0, 0.1) is 0 Å². The number of rotatable bonds is 78. The number of nitrogens with one attached hydrogen (secondary N) is 2. The zero-order chi connectivity index (χ0) is 71.3. The lowest BCUT2D eigenvalue weighted by Gasteiger charge is -2.29. The van der Waals surface area contributed by atoms with Crippen molar-refractivity contribution in [2.75, 3.05) is 50.8 Å². The van der Waals surface area contributed by atoms with Crippen molar-refractivity contribution in [3.63, 3.8) is 0 Å². The molecule has 6 N–H and O–H groups in total. The van der Waals surface area contributed by atoms with Gasteiger partial charge in [0, 0.05) is 63.6 Å². The summed E-state index contributed by atoms with van der Waals surface area (Å²) < 4.78 is 0. The molecule has 1 saturated heterocycles. The highest BCUT2D eigenvalue weighted by Crippen LogP contribution is 2.22. The van der Waals surface area contributed by atoms with Gasteiger partial charge >= 0.3 is 0 Å². The van der Waals surface area contributed by atoms with Gasteiger partial charge in [-0.3, -0.25) is 29.0 Å². The van der Waals surface area contributed by atoms with Gasteiger partial charge in [0.25, 0.3) is 0 Å². The number of nitrogens with zero attached hydrogens (tertiary/aromatic N) is 2. The number of carbonyl (C=O) groups excluding carboxylic acids is 4. The fraction of sp³-hybridized carbons (Fsp3) is 0.952. The first-order valence-corrected chi connectivity index (χ1v) is 45.0. The van der Waals surface area contributed by atoms with Gasteiger partial charge in [0.1, 0.15) is 12.1 Å². The Morgan fingerprint density at radius 1 is 0.296 bits per heavy atom. The van der Waals surface area contributed by atoms with Crippen molar-refractivity contribution in [2.24, 2.45) is 0 Å². The molecule has 14 heteroatoms. The maximum atomic E-state index is 13.4. The van der Waals surface area contributed by atoms with E-state index in [4.69, 9.17) is 0 Å². The van der Waals surface area contributed by atoms with Gasteiger partial charge in [0.15, 0.2) is 10.2 Å². The molecule has 0 aliphatic carbocycles. The third kappa shape index (κ3) is 63.2. The lowest BCUT2D eigenvalue weighted by Crippen LogP contribution is -2.62. The van der Waals surface area contributed by atoms with Gasteiger partial charge in [-0.05, 0) is 25.7 Å². The first-order chi connectivity index (χ1) is 47.9. The number of aliphatic hydroxyl groups excluding tert-OH is 4. The maximum Gasteiger partial charge on any atom is 0.243 e. The average molecular weight is 1420 g/mol. The molecule has 0 aromatic rings. The molecule has 1 rings (SSSR count). The van der Waals surface area contributed by atoms with Crippen LogP contribution in [0.4, 0.5) is 0 Å². The molecule has 1 aliphatic heterocycles. The van der Waals surface area contributed by atoms with E-state index in [0.29, 0.717) is 76.5 Å². The average Bonchev–Trinajstić information content (AvgIpc) is 0.873. The van der Waals surface area contributed by atoms with E-state index >= 15 is 0 Å². The molecule has 12 nitrogen and oxygen atoms in total. The predicted molar refractivity (Wildman–Crippen MR) is 425 cm³/mol. The second-order valence-electron chi connectivity index (χ2n) is 30.6. The standard InChI is InChI=1S/C84H164N4O8S2/c1-5-9-13-17-21-25-29-33-37-41-45-49-53-57-61-75(89)71-87(72-76(90)62-58-54-50-46-42-38-34-30-26-22-18-14-10-6-2)65-67-97-81(93)69-79-83(95)86-80(84(96)85-79)70-82(94)98-68-66-88(73-77(91)63-59-55-51-47-43-39-35-31-27-23-19-15-11-7-3)74-78(92)64-60-56-52-48-44-40-36-32-28-24-20-16-12-8-4/h75-80,89-92H,5-74H2,1-4H3,(H,85,96)(H,86,95). The quantitative estimate of drug-likeness (QED) is 0.0318. The van der Waals surface area contributed by atoms with Crippen molar-refractivity contribution < 1.29 is 39.6 Å². The number of hydrogen-bond acceptors (Lipinski definition) is 12. The summed E-state index contributed by atoms with van der Waals surface area (Å²) in [5.74, 6) is -0.0944. The zero-order valence-corrected chi connectivity index (χ0v) is 66.7.